The number of piperazine rings is 1. The Kier molecular flexibility index (Phi) is 4.47. The third-order valence-electron chi connectivity index (χ3n) is 5.18. The van der Waals surface area contributed by atoms with E-state index in [-0.39, 0.29) is 17.2 Å². The van der Waals surface area contributed by atoms with Crippen LogP contribution in [0, 0.1) is 11.8 Å². The van der Waals surface area contributed by atoms with Crippen molar-refractivity contribution >= 4 is 23.0 Å². The highest BCUT2D eigenvalue weighted by Gasteiger charge is 2.52. The molecule has 0 bridgehead atoms. The Morgan fingerprint density at radius 1 is 1.32 bits per heavy atom. The van der Waals surface area contributed by atoms with E-state index in [1.165, 1.54) is 4.57 Å². The van der Waals surface area contributed by atoms with Crippen molar-refractivity contribution in [3.8, 4) is 17.9 Å². The zero-order valence-corrected chi connectivity index (χ0v) is 16.0. The summed E-state index contributed by atoms with van der Waals surface area (Å²) in [5.74, 6) is 5.99. The van der Waals surface area contributed by atoms with Crippen molar-refractivity contribution in [2.75, 3.05) is 31.1 Å². The van der Waals surface area contributed by atoms with Crippen LogP contribution in [-0.2, 0) is 18.4 Å². The van der Waals surface area contributed by atoms with Gasteiger partial charge in [-0.2, -0.15) is 9.97 Å². The second kappa shape index (κ2) is 6.83. The number of nitrogens with two attached hydrogens (primary N) is 1. The molecule has 0 atom stereocenters. The Hall–Kier alpha value is -3.06. The minimum Gasteiger partial charge on any atom is -0.448 e. The maximum absolute atomic E-state index is 13.1. The number of aromatic nitrogens is 4. The maximum atomic E-state index is 13.1. The average Bonchev–Trinajstić information content (AvgIpc) is 3.39. The molecule has 1 aliphatic carbocycles. The van der Waals surface area contributed by atoms with Crippen LogP contribution in [0.25, 0.3) is 11.2 Å². The topological polar surface area (TPSA) is 120 Å². The van der Waals surface area contributed by atoms with Gasteiger partial charge in [0, 0.05) is 46.1 Å². The van der Waals surface area contributed by atoms with Gasteiger partial charge in [-0.05, 0) is 6.92 Å². The lowest BCUT2D eigenvalue weighted by Gasteiger charge is -2.28. The summed E-state index contributed by atoms with van der Waals surface area (Å²) in [5, 5.41) is 3.30. The maximum Gasteiger partial charge on any atom is 0.302 e. The quantitative estimate of drug-likeness (QED) is 0.631. The zero-order chi connectivity index (χ0) is 19.9. The second-order valence-electron chi connectivity index (χ2n) is 7.05. The average molecular weight is 385 g/mol. The number of rotatable bonds is 5. The number of nitrogens with one attached hydrogen (secondary N) is 1. The number of carbonyl (C=O) groups excluding carboxylic acids is 1. The van der Waals surface area contributed by atoms with E-state index in [2.05, 4.69) is 32.0 Å². The number of carbonyl (C=O) groups is 1. The Bertz CT molecular complexity index is 1050. The number of ether oxygens (including phenoxy) is 1. The van der Waals surface area contributed by atoms with Gasteiger partial charge in [-0.25, -0.2) is 0 Å². The number of fused-ring (bicyclic) bond motifs is 1. The van der Waals surface area contributed by atoms with Crippen LogP contribution < -0.4 is 26.2 Å². The Morgan fingerprint density at radius 2 is 2.04 bits per heavy atom. The van der Waals surface area contributed by atoms with E-state index in [0.29, 0.717) is 30.9 Å². The largest absolute Gasteiger partial charge is 0.448 e. The van der Waals surface area contributed by atoms with Crippen molar-refractivity contribution in [1.82, 2.24) is 24.4 Å². The van der Waals surface area contributed by atoms with E-state index >= 15 is 0 Å². The molecule has 148 valence electrons. The summed E-state index contributed by atoms with van der Waals surface area (Å²) >= 11 is 0. The number of hydrogen-bond donors (Lipinski definition) is 2. The van der Waals surface area contributed by atoms with Crippen molar-refractivity contribution in [3.05, 3.63) is 10.4 Å². The molecule has 1 amide bonds. The third kappa shape index (κ3) is 2.97. The number of nitrogens with zero attached hydrogens (tertiary/aromatic N) is 5. The SMILES string of the molecule is CC#CCn1c(N2CCNCC2)nc2nc(OC3(C(N)=O)CC3)n(C)c(=O)c21. The summed E-state index contributed by atoms with van der Waals surface area (Å²) < 4.78 is 8.85. The molecule has 10 nitrogen and oxygen atoms in total. The van der Waals surface area contributed by atoms with Crippen molar-refractivity contribution in [3.63, 3.8) is 0 Å². The van der Waals surface area contributed by atoms with Gasteiger partial charge in [0.05, 0.1) is 6.54 Å². The minimum atomic E-state index is -1.07. The number of primary amides is 1. The molecule has 4 rings (SSSR count). The van der Waals surface area contributed by atoms with Crippen LogP contribution in [0.15, 0.2) is 4.79 Å². The molecule has 1 saturated carbocycles. The molecular formula is C18H23N7O3. The van der Waals surface area contributed by atoms with Crippen LogP contribution in [0.5, 0.6) is 6.01 Å². The van der Waals surface area contributed by atoms with E-state index < -0.39 is 11.5 Å². The van der Waals surface area contributed by atoms with Gasteiger partial charge in [-0.3, -0.25) is 18.7 Å². The van der Waals surface area contributed by atoms with Crippen LogP contribution in [-0.4, -0.2) is 56.8 Å². The molecule has 0 unspecified atom stereocenters. The summed E-state index contributed by atoms with van der Waals surface area (Å²) in [5.41, 5.74) is 4.72. The molecule has 0 spiro atoms. The fourth-order valence-corrected chi connectivity index (χ4v) is 3.32. The van der Waals surface area contributed by atoms with Gasteiger partial charge >= 0.3 is 6.01 Å². The molecule has 1 saturated heterocycles. The van der Waals surface area contributed by atoms with E-state index in [0.717, 1.165) is 26.2 Å². The van der Waals surface area contributed by atoms with Crippen molar-refractivity contribution < 1.29 is 9.53 Å². The monoisotopic (exact) mass is 385 g/mol. The van der Waals surface area contributed by atoms with Gasteiger partial charge in [0.2, 0.25) is 5.95 Å². The lowest BCUT2D eigenvalue weighted by Crippen LogP contribution is -2.44. The smallest absolute Gasteiger partial charge is 0.302 e. The van der Waals surface area contributed by atoms with Gasteiger partial charge in [0.15, 0.2) is 16.8 Å². The number of hydrogen-bond acceptors (Lipinski definition) is 7. The van der Waals surface area contributed by atoms with Gasteiger partial charge in [-0.1, -0.05) is 5.92 Å². The highest BCUT2D eigenvalue weighted by molar-refractivity contribution is 5.87. The highest BCUT2D eigenvalue weighted by Crippen LogP contribution is 2.39. The lowest BCUT2D eigenvalue weighted by atomic mass is 10.3. The Morgan fingerprint density at radius 3 is 2.64 bits per heavy atom. The fourth-order valence-electron chi connectivity index (χ4n) is 3.32. The van der Waals surface area contributed by atoms with Crippen LogP contribution in [0.3, 0.4) is 0 Å². The predicted octanol–water partition coefficient (Wildman–Crippen LogP) is -1.04. The van der Waals surface area contributed by atoms with Crippen molar-refractivity contribution in [2.45, 2.75) is 31.9 Å². The van der Waals surface area contributed by atoms with Crippen LogP contribution >= 0.6 is 0 Å². The number of amides is 1. The molecule has 2 aromatic heterocycles. The van der Waals surface area contributed by atoms with E-state index in [9.17, 15) is 9.59 Å². The van der Waals surface area contributed by atoms with Gasteiger partial charge in [0.1, 0.15) is 0 Å². The highest BCUT2D eigenvalue weighted by atomic mass is 16.5. The summed E-state index contributed by atoms with van der Waals surface area (Å²) in [6.45, 7) is 5.32. The first-order chi connectivity index (χ1) is 13.5. The molecule has 28 heavy (non-hydrogen) atoms. The van der Waals surface area contributed by atoms with Crippen molar-refractivity contribution in [2.24, 2.45) is 12.8 Å². The van der Waals surface area contributed by atoms with Gasteiger partial charge in [0.25, 0.3) is 11.5 Å². The molecule has 3 heterocycles. The molecule has 2 aliphatic rings. The Labute approximate surface area is 161 Å². The first kappa shape index (κ1) is 18.3. The van der Waals surface area contributed by atoms with Gasteiger partial charge < -0.3 is 20.7 Å². The molecule has 2 fully saturated rings. The molecule has 1 aliphatic heterocycles. The molecule has 0 aromatic carbocycles. The summed E-state index contributed by atoms with van der Waals surface area (Å²) in [4.78, 5) is 35.9. The molecule has 2 aromatic rings. The van der Waals surface area contributed by atoms with Crippen LogP contribution in [0.4, 0.5) is 5.95 Å². The summed E-state index contributed by atoms with van der Waals surface area (Å²) in [6.07, 6.45) is 1.03. The van der Waals surface area contributed by atoms with Gasteiger partial charge in [-0.15, -0.1) is 5.92 Å². The van der Waals surface area contributed by atoms with Crippen LogP contribution in [0.2, 0.25) is 0 Å². The second-order valence-corrected chi connectivity index (χ2v) is 7.05. The van der Waals surface area contributed by atoms with Crippen molar-refractivity contribution in [1.29, 1.82) is 0 Å². The first-order valence-electron chi connectivity index (χ1n) is 9.28. The van der Waals surface area contributed by atoms with E-state index in [1.807, 2.05) is 0 Å². The van der Waals surface area contributed by atoms with E-state index in [1.54, 1.807) is 18.5 Å². The normalized spacial score (nSPS) is 17.9. The summed E-state index contributed by atoms with van der Waals surface area (Å²) in [7, 11) is 1.56. The molecule has 0 radical (unpaired) electrons. The molecule has 10 heteroatoms. The van der Waals surface area contributed by atoms with Crippen LogP contribution in [0.1, 0.15) is 19.8 Å². The summed E-state index contributed by atoms with van der Waals surface area (Å²) in [6, 6.07) is 0.0480. The zero-order valence-electron chi connectivity index (χ0n) is 16.0. The minimum absolute atomic E-state index is 0.0480. The molecule has 3 N–H and O–H groups in total. The lowest BCUT2D eigenvalue weighted by molar-refractivity contribution is -0.126. The Balaban J connectivity index is 1.84. The standard InChI is InChI=1S/C18H23N7O3/c1-3-4-9-25-12-13(21-16(25)24-10-7-20-8-11-24)22-17(23(2)14(12)26)28-18(5-6-18)15(19)27/h20H,5-11H2,1-2H3,(H2,19,27). The fraction of sp³-hybridized carbons (Fsp3) is 0.556. The molecular weight excluding hydrogens is 362 g/mol. The first-order valence-corrected chi connectivity index (χ1v) is 9.28. The number of imidazole rings is 1. The van der Waals surface area contributed by atoms with E-state index in [4.69, 9.17) is 10.5 Å². The third-order valence-corrected chi connectivity index (χ3v) is 5.18. The predicted molar refractivity (Wildman–Crippen MR) is 103 cm³/mol. The number of anilines is 1.